The first-order valence-corrected chi connectivity index (χ1v) is 5.14. The summed E-state index contributed by atoms with van der Waals surface area (Å²) in [6, 6.07) is 0. The molecule has 0 aliphatic carbocycles. The van der Waals surface area contributed by atoms with E-state index in [4.69, 9.17) is 15.3 Å². The summed E-state index contributed by atoms with van der Waals surface area (Å²) in [6.45, 7) is 1.72. The Kier molecular flexibility index (Phi) is 7.71. The van der Waals surface area contributed by atoms with Crippen LogP contribution in [0.25, 0.3) is 0 Å². The summed E-state index contributed by atoms with van der Waals surface area (Å²) in [4.78, 5) is 0. The normalized spacial score (nSPS) is 10.7. The highest BCUT2D eigenvalue weighted by Crippen LogP contribution is 2.51. The van der Waals surface area contributed by atoms with Crippen molar-refractivity contribution in [3.8, 4) is 0 Å². The van der Waals surface area contributed by atoms with E-state index >= 15 is 0 Å². The molecule has 0 atom stereocenters. The molecule has 58 valence electrons. The van der Waals surface area contributed by atoms with Gasteiger partial charge in [0.2, 0.25) is 0 Å². The molecule has 0 amide bonds. The van der Waals surface area contributed by atoms with Crippen LogP contribution in [-0.2, 0) is 0 Å². The lowest BCUT2D eigenvalue weighted by Gasteiger charge is -2.12. The van der Waals surface area contributed by atoms with Crippen molar-refractivity contribution in [1.29, 1.82) is 0 Å². The van der Waals surface area contributed by atoms with Crippen molar-refractivity contribution >= 4 is 7.26 Å². The van der Waals surface area contributed by atoms with Gasteiger partial charge in [-0.3, -0.25) is 0 Å². The maximum Gasteiger partial charge on any atom is 0.158 e. The molecule has 3 nitrogen and oxygen atoms in total. The van der Waals surface area contributed by atoms with Gasteiger partial charge >= 0.3 is 0 Å². The summed E-state index contributed by atoms with van der Waals surface area (Å²) in [5, 5.41) is 25.5. The van der Waals surface area contributed by atoms with Gasteiger partial charge in [-0.05, 0) is 0 Å². The maximum absolute atomic E-state index is 8.51. The van der Waals surface area contributed by atoms with Gasteiger partial charge in [0, 0.05) is 0 Å². The fourth-order valence-corrected chi connectivity index (χ4v) is 0.402. The van der Waals surface area contributed by atoms with Crippen molar-refractivity contribution in [2.45, 2.75) is 0 Å². The zero-order valence-electron chi connectivity index (χ0n) is 5.29. The monoisotopic (exact) mass is 218 g/mol. The highest BCUT2D eigenvalue weighted by molar-refractivity contribution is 7.74. The Labute approximate surface area is 65.8 Å². The number of rotatable bonds is 3. The van der Waals surface area contributed by atoms with Gasteiger partial charge in [0.05, 0.1) is 13.9 Å². The first kappa shape index (κ1) is 12.5. The number of aliphatic hydroxyl groups is 3. The molecule has 3 N–H and O–H groups in total. The largest absolute Gasteiger partial charge is 1.00 e. The second-order valence-electron chi connectivity index (χ2n) is 2.04. The molecule has 0 spiro atoms. The highest BCUT2D eigenvalue weighted by Gasteiger charge is 2.28. The van der Waals surface area contributed by atoms with E-state index in [9.17, 15) is 0 Å². The van der Waals surface area contributed by atoms with Crippen LogP contribution in [0.4, 0.5) is 0 Å². The van der Waals surface area contributed by atoms with Crippen LogP contribution < -0.4 is 17.0 Å². The average molecular weight is 219 g/mol. The van der Waals surface area contributed by atoms with E-state index in [2.05, 4.69) is 0 Å². The van der Waals surface area contributed by atoms with E-state index < -0.39 is 7.26 Å². The Balaban J connectivity index is 0. The Bertz CT molecular complexity index is 58.6. The van der Waals surface area contributed by atoms with E-state index in [1.807, 2.05) is 0 Å². The molecule has 0 saturated carbocycles. The molecule has 0 unspecified atom stereocenters. The van der Waals surface area contributed by atoms with Crippen LogP contribution in [0.2, 0.25) is 0 Å². The van der Waals surface area contributed by atoms with E-state index in [1.54, 1.807) is 6.66 Å². The van der Waals surface area contributed by atoms with Gasteiger partial charge in [-0.25, -0.2) is 0 Å². The molecule has 0 saturated heterocycles. The SMILES string of the molecule is C[P+](CO)(CO)CO.[Br-]. The molecule has 0 aliphatic rings. The molecular formula is C4H12BrO3P. The molecular weight excluding hydrogens is 207 g/mol. The van der Waals surface area contributed by atoms with E-state index in [1.165, 1.54) is 0 Å². The topological polar surface area (TPSA) is 60.7 Å². The Hall–Kier alpha value is 0.790. The van der Waals surface area contributed by atoms with Crippen LogP contribution in [0.15, 0.2) is 0 Å². The molecule has 0 aromatic rings. The Morgan fingerprint density at radius 1 is 1.00 bits per heavy atom. The summed E-state index contributed by atoms with van der Waals surface area (Å²) in [6.07, 6.45) is -0.208. The zero-order chi connectivity index (χ0) is 6.62. The summed E-state index contributed by atoms with van der Waals surface area (Å²) in [7, 11) is -1.75. The standard InChI is InChI=1S/C4H12O3P.BrH/c1-8(2-5,3-6)4-7;/h5-7H,2-4H2,1H3;1H/q+1;/p-1. The number of hydrogen-bond donors (Lipinski definition) is 3. The van der Waals surface area contributed by atoms with Crippen LogP contribution >= 0.6 is 7.26 Å². The molecule has 5 heteroatoms. The molecule has 9 heavy (non-hydrogen) atoms. The van der Waals surface area contributed by atoms with Crippen molar-refractivity contribution < 1.29 is 32.3 Å². The van der Waals surface area contributed by atoms with Gasteiger partial charge in [0.25, 0.3) is 0 Å². The smallest absolute Gasteiger partial charge is 0.158 e. The maximum atomic E-state index is 8.51. The fraction of sp³-hybridized carbons (Fsp3) is 1.00. The van der Waals surface area contributed by atoms with Crippen molar-refractivity contribution in [1.82, 2.24) is 0 Å². The Morgan fingerprint density at radius 2 is 1.22 bits per heavy atom. The van der Waals surface area contributed by atoms with Crippen LogP contribution in [0, 0.1) is 0 Å². The Morgan fingerprint density at radius 3 is 1.22 bits per heavy atom. The molecule has 0 radical (unpaired) electrons. The van der Waals surface area contributed by atoms with Crippen LogP contribution in [0.3, 0.4) is 0 Å². The minimum atomic E-state index is -1.75. The van der Waals surface area contributed by atoms with Crippen molar-refractivity contribution in [2.24, 2.45) is 0 Å². The van der Waals surface area contributed by atoms with Gasteiger partial charge in [-0.15, -0.1) is 0 Å². The second kappa shape index (κ2) is 5.57. The van der Waals surface area contributed by atoms with Gasteiger partial charge < -0.3 is 32.3 Å². The quantitative estimate of drug-likeness (QED) is 0.431. The molecule has 0 aliphatic heterocycles. The first-order chi connectivity index (χ1) is 3.68. The lowest BCUT2D eigenvalue weighted by atomic mass is 11.6. The van der Waals surface area contributed by atoms with Crippen LogP contribution in [0.5, 0.6) is 0 Å². The molecule has 0 bridgehead atoms. The summed E-state index contributed by atoms with van der Waals surface area (Å²) >= 11 is 0. The number of aliphatic hydroxyl groups excluding tert-OH is 3. The lowest BCUT2D eigenvalue weighted by Crippen LogP contribution is -3.00. The first-order valence-electron chi connectivity index (χ1n) is 2.34. The average Bonchev–Trinajstić information content (AvgIpc) is 1.87. The van der Waals surface area contributed by atoms with E-state index in [-0.39, 0.29) is 36.0 Å². The van der Waals surface area contributed by atoms with Crippen LogP contribution in [0.1, 0.15) is 0 Å². The predicted molar refractivity (Wildman–Crippen MR) is 34.1 cm³/mol. The second-order valence-corrected chi connectivity index (χ2v) is 6.13. The van der Waals surface area contributed by atoms with E-state index in [0.717, 1.165) is 0 Å². The third kappa shape index (κ3) is 4.23. The van der Waals surface area contributed by atoms with Crippen molar-refractivity contribution in [2.75, 3.05) is 25.7 Å². The van der Waals surface area contributed by atoms with Gasteiger partial charge in [0.15, 0.2) is 19.0 Å². The number of hydrogen-bond acceptors (Lipinski definition) is 3. The minimum absolute atomic E-state index is 0. The highest BCUT2D eigenvalue weighted by atomic mass is 79.9. The van der Waals surface area contributed by atoms with Gasteiger partial charge in [-0.1, -0.05) is 0 Å². The summed E-state index contributed by atoms with van der Waals surface area (Å²) in [5.41, 5.74) is 0. The van der Waals surface area contributed by atoms with Crippen molar-refractivity contribution in [3.63, 3.8) is 0 Å². The predicted octanol–water partition coefficient (Wildman–Crippen LogP) is -3.51. The molecule has 0 heterocycles. The van der Waals surface area contributed by atoms with E-state index in [0.29, 0.717) is 0 Å². The third-order valence-electron chi connectivity index (χ3n) is 1.02. The number of halogens is 1. The fourth-order valence-electron chi connectivity index (χ4n) is 0.134. The summed E-state index contributed by atoms with van der Waals surface area (Å²) < 4.78 is 0. The van der Waals surface area contributed by atoms with Gasteiger partial charge in [-0.2, -0.15) is 0 Å². The van der Waals surface area contributed by atoms with Gasteiger partial charge in [0.1, 0.15) is 0 Å². The third-order valence-corrected chi connectivity index (χ3v) is 3.07. The lowest BCUT2D eigenvalue weighted by molar-refractivity contribution is -0.00000432. The zero-order valence-corrected chi connectivity index (χ0v) is 7.77. The molecule has 0 fully saturated rings. The minimum Gasteiger partial charge on any atom is -1.00 e. The summed E-state index contributed by atoms with van der Waals surface area (Å²) in [5.74, 6) is 0. The van der Waals surface area contributed by atoms with Crippen LogP contribution in [-0.4, -0.2) is 41.0 Å². The molecule has 0 rings (SSSR count). The molecule has 0 aromatic carbocycles. The van der Waals surface area contributed by atoms with Crippen molar-refractivity contribution in [3.05, 3.63) is 0 Å². The molecule has 0 aromatic heterocycles.